The Hall–Kier alpha value is -1.33. The Kier molecular flexibility index (Phi) is 5.20. The van der Waals surface area contributed by atoms with Crippen molar-refractivity contribution in [1.82, 2.24) is 4.90 Å². The van der Waals surface area contributed by atoms with E-state index in [1.807, 2.05) is 11.8 Å². The maximum absolute atomic E-state index is 13.1. The number of carbonyl (C=O) groups excluding carboxylic acids is 1. The van der Waals surface area contributed by atoms with Crippen molar-refractivity contribution in [3.05, 3.63) is 35.4 Å². The number of Topliss-reactive ketones (excluding diaryl/α,β-unsaturated/α-hetero) is 1. The monoisotopic (exact) mass is 283 g/mol. The highest BCUT2D eigenvalue weighted by Gasteiger charge is 2.20. The average Bonchev–Trinajstić information content (AvgIpc) is 2.93. The lowest BCUT2D eigenvalue weighted by Gasteiger charge is -2.22. The summed E-state index contributed by atoms with van der Waals surface area (Å²) >= 11 is 0. The van der Waals surface area contributed by atoms with Gasteiger partial charge in [-0.3, -0.25) is 9.69 Å². The van der Waals surface area contributed by atoms with E-state index in [0.717, 1.165) is 38.1 Å². The molecule has 0 bridgehead atoms. The third-order valence-electron chi connectivity index (χ3n) is 3.54. The van der Waals surface area contributed by atoms with Gasteiger partial charge in [0.05, 0.1) is 12.6 Å². The third-order valence-corrected chi connectivity index (χ3v) is 3.54. The van der Waals surface area contributed by atoms with E-state index in [1.54, 1.807) is 0 Å². The van der Waals surface area contributed by atoms with Gasteiger partial charge in [-0.15, -0.1) is 0 Å². The molecule has 3 nitrogen and oxygen atoms in total. The summed E-state index contributed by atoms with van der Waals surface area (Å²) in [5.74, 6) is -2.13. The normalized spacial score (nSPS) is 18.7. The quantitative estimate of drug-likeness (QED) is 0.752. The summed E-state index contributed by atoms with van der Waals surface area (Å²) in [7, 11) is 0. The molecule has 20 heavy (non-hydrogen) atoms. The standard InChI is InChI=1S/C15H19F2NO2/c1-2-18(9-12-4-3-7-20-12)10-15(19)11-5-6-13(16)14(17)8-11/h5-6,8,12H,2-4,7,9-10H2,1H3. The molecule has 0 saturated carbocycles. The highest BCUT2D eigenvalue weighted by Crippen LogP contribution is 2.14. The van der Waals surface area contributed by atoms with Gasteiger partial charge in [0.25, 0.3) is 0 Å². The van der Waals surface area contributed by atoms with Gasteiger partial charge in [-0.1, -0.05) is 6.92 Å². The predicted molar refractivity (Wildman–Crippen MR) is 71.8 cm³/mol. The predicted octanol–water partition coefficient (Wildman–Crippen LogP) is 2.65. The van der Waals surface area contributed by atoms with Crippen molar-refractivity contribution in [2.24, 2.45) is 0 Å². The molecule has 0 spiro atoms. The molecule has 0 N–H and O–H groups in total. The van der Waals surface area contributed by atoms with Gasteiger partial charge in [0, 0.05) is 18.7 Å². The molecule has 1 saturated heterocycles. The van der Waals surface area contributed by atoms with Crippen molar-refractivity contribution in [3.63, 3.8) is 0 Å². The summed E-state index contributed by atoms with van der Waals surface area (Å²) in [6, 6.07) is 3.26. The van der Waals surface area contributed by atoms with Crippen LogP contribution in [0.4, 0.5) is 8.78 Å². The topological polar surface area (TPSA) is 29.5 Å². The zero-order valence-corrected chi connectivity index (χ0v) is 11.6. The fourth-order valence-corrected chi connectivity index (χ4v) is 2.35. The molecule has 1 aromatic carbocycles. The molecule has 0 amide bonds. The first-order valence-corrected chi connectivity index (χ1v) is 6.92. The molecule has 1 aromatic rings. The number of ether oxygens (including phenoxy) is 1. The van der Waals surface area contributed by atoms with E-state index in [9.17, 15) is 13.6 Å². The Bertz CT molecular complexity index is 473. The summed E-state index contributed by atoms with van der Waals surface area (Å²) in [4.78, 5) is 14.1. The number of hydrogen-bond acceptors (Lipinski definition) is 3. The molecule has 1 aliphatic heterocycles. The lowest BCUT2D eigenvalue weighted by Crippen LogP contribution is -2.36. The first kappa shape index (κ1) is 15.1. The first-order valence-electron chi connectivity index (χ1n) is 6.92. The number of likely N-dealkylation sites (N-methyl/N-ethyl adjacent to an activating group) is 1. The van der Waals surface area contributed by atoms with E-state index in [-0.39, 0.29) is 24.0 Å². The third kappa shape index (κ3) is 3.84. The Morgan fingerprint density at radius 3 is 2.80 bits per heavy atom. The van der Waals surface area contributed by atoms with E-state index >= 15 is 0 Å². The van der Waals surface area contributed by atoms with E-state index in [0.29, 0.717) is 6.54 Å². The summed E-state index contributed by atoms with van der Waals surface area (Å²) in [5, 5.41) is 0. The van der Waals surface area contributed by atoms with Crippen LogP contribution < -0.4 is 0 Å². The van der Waals surface area contributed by atoms with Gasteiger partial charge in [0.2, 0.25) is 0 Å². The Morgan fingerprint density at radius 2 is 2.20 bits per heavy atom. The van der Waals surface area contributed by atoms with Gasteiger partial charge in [-0.25, -0.2) is 8.78 Å². The number of carbonyl (C=O) groups is 1. The Balaban J connectivity index is 1.95. The van der Waals surface area contributed by atoms with Gasteiger partial charge in [0.15, 0.2) is 17.4 Å². The van der Waals surface area contributed by atoms with Crippen LogP contribution in [0.3, 0.4) is 0 Å². The van der Waals surface area contributed by atoms with Crippen LogP contribution in [0, 0.1) is 11.6 Å². The molecule has 0 aliphatic carbocycles. The summed E-state index contributed by atoms with van der Waals surface area (Å²) in [6.07, 6.45) is 2.24. The number of benzene rings is 1. The zero-order chi connectivity index (χ0) is 14.5. The number of halogens is 2. The van der Waals surface area contributed by atoms with E-state index in [4.69, 9.17) is 4.74 Å². The van der Waals surface area contributed by atoms with Crippen LogP contribution in [0.1, 0.15) is 30.1 Å². The Morgan fingerprint density at radius 1 is 1.40 bits per heavy atom. The highest BCUT2D eigenvalue weighted by atomic mass is 19.2. The fourth-order valence-electron chi connectivity index (χ4n) is 2.35. The molecule has 2 rings (SSSR count). The SMILES string of the molecule is CCN(CC(=O)c1ccc(F)c(F)c1)CC1CCCO1. The molecule has 0 aromatic heterocycles. The summed E-state index contributed by atoms with van der Waals surface area (Å²) < 4.78 is 31.5. The van der Waals surface area contributed by atoms with Crippen molar-refractivity contribution in [2.45, 2.75) is 25.9 Å². The number of hydrogen-bond donors (Lipinski definition) is 0. The Labute approximate surface area is 117 Å². The van der Waals surface area contributed by atoms with Gasteiger partial charge in [-0.2, -0.15) is 0 Å². The maximum Gasteiger partial charge on any atom is 0.176 e. The maximum atomic E-state index is 13.1. The van der Waals surface area contributed by atoms with Gasteiger partial charge < -0.3 is 4.74 Å². The molecular weight excluding hydrogens is 264 g/mol. The minimum absolute atomic E-state index is 0.174. The number of nitrogens with zero attached hydrogens (tertiary/aromatic N) is 1. The molecule has 5 heteroatoms. The minimum atomic E-state index is -0.988. The van der Waals surface area contributed by atoms with Crippen LogP contribution in [-0.2, 0) is 4.74 Å². The van der Waals surface area contributed by atoms with E-state index < -0.39 is 11.6 Å². The molecule has 1 heterocycles. The molecule has 110 valence electrons. The average molecular weight is 283 g/mol. The smallest absolute Gasteiger partial charge is 0.176 e. The van der Waals surface area contributed by atoms with Gasteiger partial charge >= 0.3 is 0 Å². The zero-order valence-electron chi connectivity index (χ0n) is 11.6. The molecule has 0 radical (unpaired) electrons. The second-order valence-electron chi connectivity index (χ2n) is 5.01. The molecule has 1 atom stereocenters. The fraction of sp³-hybridized carbons (Fsp3) is 0.533. The summed E-state index contributed by atoms with van der Waals surface area (Å²) in [5.41, 5.74) is 0.203. The lowest BCUT2D eigenvalue weighted by molar-refractivity contribution is 0.0686. The summed E-state index contributed by atoms with van der Waals surface area (Å²) in [6.45, 7) is 4.36. The largest absolute Gasteiger partial charge is 0.377 e. The minimum Gasteiger partial charge on any atom is -0.377 e. The van der Waals surface area contributed by atoms with Crippen LogP contribution in [0.25, 0.3) is 0 Å². The number of rotatable bonds is 6. The van der Waals surface area contributed by atoms with Crippen molar-refractivity contribution in [1.29, 1.82) is 0 Å². The molecule has 1 aliphatic rings. The highest BCUT2D eigenvalue weighted by molar-refractivity contribution is 5.97. The van der Waals surface area contributed by atoms with Crippen LogP contribution in [0.2, 0.25) is 0 Å². The first-order chi connectivity index (χ1) is 9.60. The van der Waals surface area contributed by atoms with Crippen LogP contribution in [-0.4, -0.2) is 43.0 Å². The van der Waals surface area contributed by atoms with Crippen LogP contribution >= 0.6 is 0 Å². The number of ketones is 1. The van der Waals surface area contributed by atoms with Crippen molar-refractivity contribution < 1.29 is 18.3 Å². The second-order valence-corrected chi connectivity index (χ2v) is 5.01. The lowest BCUT2D eigenvalue weighted by atomic mass is 10.1. The van der Waals surface area contributed by atoms with Crippen LogP contribution in [0.15, 0.2) is 18.2 Å². The molecule has 1 unspecified atom stereocenters. The van der Waals surface area contributed by atoms with E-state index in [2.05, 4.69) is 0 Å². The molecule has 1 fully saturated rings. The van der Waals surface area contributed by atoms with Crippen LogP contribution in [0.5, 0.6) is 0 Å². The molecular formula is C15H19F2NO2. The van der Waals surface area contributed by atoms with E-state index in [1.165, 1.54) is 6.07 Å². The van der Waals surface area contributed by atoms with Gasteiger partial charge in [0.1, 0.15) is 0 Å². The van der Waals surface area contributed by atoms with Crippen molar-refractivity contribution in [3.8, 4) is 0 Å². The second kappa shape index (κ2) is 6.90. The van der Waals surface area contributed by atoms with Crippen molar-refractivity contribution in [2.75, 3.05) is 26.2 Å². The van der Waals surface area contributed by atoms with Gasteiger partial charge in [-0.05, 0) is 37.6 Å². The van der Waals surface area contributed by atoms with Crippen molar-refractivity contribution >= 4 is 5.78 Å².